The fourth-order valence-electron chi connectivity index (χ4n) is 5.70. The van der Waals surface area contributed by atoms with Gasteiger partial charge in [0, 0.05) is 31.0 Å². The molecule has 6 heteroatoms. The number of nitrogens with zero attached hydrogens (tertiary/aromatic N) is 1. The fourth-order valence-corrected chi connectivity index (χ4v) is 5.70. The summed E-state index contributed by atoms with van der Waals surface area (Å²) in [5.41, 5.74) is 5.18. The number of ether oxygens (including phenoxy) is 1. The Labute approximate surface area is 236 Å². The molecule has 1 saturated carbocycles. The standard InChI is InChI=1S/C34H38FN3O2/c1-24-10-13-28(22-33(24)40-31-8-3-2-4-9-31)32(20-25-16-18-36-19-17-25)27-6-5-7-30(21-27)38-34(39)37-23-26-11-14-29(35)15-12-26/h5-7,10-19,21,28,31-32H,2-4,8-9,20,22-23H2,1H3,(H2,37,38,39). The summed E-state index contributed by atoms with van der Waals surface area (Å²) >= 11 is 0. The number of allylic oxidation sites excluding steroid dienone is 4. The van der Waals surface area contributed by atoms with Crippen molar-refractivity contribution in [1.82, 2.24) is 10.3 Å². The maximum Gasteiger partial charge on any atom is 0.319 e. The van der Waals surface area contributed by atoms with Crippen molar-refractivity contribution < 1.29 is 13.9 Å². The maximum absolute atomic E-state index is 13.2. The molecule has 2 aliphatic carbocycles. The minimum atomic E-state index is -0.300. The molecule has 2 amide bonds. The summed E-state index contributed by atoms with van der Waals surface area (Å²) in [6.45, 7) is 2.47. The highest BCUT2D eigenvalue weighted by molar-refractivity contribution is 5.89. The predicted molar refractivity (Wildman–Crippen MR) is 157 cm³/mol. The van der Waals surface area contributed by atoms with Gasteiger partial charge in [0.2, 0.25) is 0 Å². The van der Waals surface area contributed by atoms with Gasteiger partial charge in [-0.1, -0.05) is 42.8 Å². The summed E-state index contributed by atoms with van der Waals surface area (Å²) in [5.74, 6) is 1.28. The Morgan fingerprint density at radius 2 is 1.80 bits per heavy atom. The number of hydrogen-bond donors (Lipinski definition) is 2. The van der Waals surface area contributed by atoms with Crippen LogP contribution in [0, 0.1) is 11.7 Å². The zero-order valence-corrected chi connectivity index (χ0v) is 23.1. The van der Waals surface area contributed by atoms with Crippen LogP contribution >= 0.6 is 0 Å². The van der Waals surface area contributed by atoms with E-state index in [0.717, 1.165) is 42.7 Å². The molecule has 1 fully saturated rings. The second kappa shape index (κ2) is 13.4. The Balaban J connectivity index is 1.31. The first-order valence-electron chi connectivity index (χ1n) is 14.4. The average molecular weight is 540 g/mol. The lowest BCUT2D eigenvalue weighted by Crippen LogP contribution is -2.28. The summed E-state index contributed by atoms with van der Waals surface area (Å²) in [6, 6.07) is 18.1. The highest BCUT2D eigenvalue weighted by atomic mass is 19.1. The summed E-state index contributed by atoms with van der Waals surface area (Å²) < 4.78 is 19.8. The van der Waals surface area contributed by atoms with Crippen molar-refractivity contribution in [2.45, 2.75) is 70.4 Å². The van der Waals surface area contributed by atoms with Gasteiger partial charge >= 0.3 is 6.03 Å². The van der Waals surface area contributed by atoms with Gasteiger partial charge in [-0.25, -0.2) is 9.18 Å². The Bertz CT molecular complexity index is 1330. The minimum Gasteiger partial charge on any atom is -0.494 e. The van der Waals surface area contributed by atoms with Gasteiger partial charge in [0.15, 0.2) is 0 Å². The molecule has 0 spiro atoms. The molecule has 2 unspecified atom stereocenters. The first-order valence-corrected chi connectivity index (χ1v) is 14.4. The van der Waals surface area contributed by atoms with Crippen LogP contribution in [-0.2, 0) is 17.7 Å². The third-order valence-corrected chi connectivity index (χ3v) is 7.98. The van der Waals surface area contributed by atoms with Crippen LogP contribution in [0.2, 0.25) is 0 Å². The van der Waals surface area contributed by atoms with Crippen molar-refractivity contribution in [3.63, 3.8) is 0 Å². The van der Waals surface area contributed by atoms with Gasteiger partial charge in [-0.15, -0.1) is 0 Å². The molecule has 0 radical (unpaired) electrons. The highest BCUT2D eigenvalue weighted by Gasteiger charge is 2.28. The van der Waals surface area contributed by atoms with Crippen molar-refractivity contribution in [3.05, 3.63) is 119 Å². The number of nitrogens with one attached hydrogen (secondary N) is 2. The number of aromatic nitrogens is 1. The van der Waals surface area contributed by atoms with Crippen molar-refractivity contribution in [2.75, 3.05) is 5.32 Å². The lowest BCUT2D eigenvalue weighted by molar-refractivity contribution is 0.0707. The number of urea groups is 1. The molecular weight excluding hydrogens is 501 g/mol. The lowest BCUT2D eigenvalue weighted by atomic mass is 9.77. The monoisotopic (exact) mass is 539 g/mol. The van der Waals surface area contributed by atoms with Crippen LogP contribution in [-0.4, -0.2) is 17.1 Å². The van der Waals surface area contributed by atoms with Crippen molar-refractivity contribution in [3.8, 4) is 0 Å². The molecule has 2 aliphatic rings. The Kier molecular flexibility index (Phi) is 9.27. The van der Waals surface area contributed by atoms with E-state index >= 15 is 0 Å². The van der Waals surface area contributed by atoms with E-state index in [0.29, 0.717) is 12.6 Å². The molecule has 40 heavy (non-hydrogen) atoms. The molecule has 5 nitrogen and oxygen atoms in total. The quantitative estimate of drug-likeness (QED) is 0.289. The minimum absolute atomic E-state index is 0.195. The molecule has 2 N–H and O–H groups in total. The first kappa shape index (κ1) is 27.6. The molecule has 2 aromatic carbocycles. The Morgan fingerprint density at radius 1 is 1.02 bits per heavy atom. The largest absolute Gasteiger partial charge is 0.494 e. The smallest absolute Gasteiger partial charge is 0.319 e. The van der Waals surface area contributed by atoms with Crippen LogP contribution in [0.4, 0.5) is 14.9 Å². The number of carbonyl (C=O) groups excluding carboxylic acids is 1. The zero-order chi connectivity index (χ0) is 27.7. The van der Waals surface area contributed by atoms with E-state index in [1.54, 1.807) is 12.1 Å². The van der Waals surface area contributed by atoms with Crippen molar-refractivity contribution in [1.29, 1.82) is 0 Å². The molecule has 0 saturated heterocycles. The second-order valence-electron chi connectivity index (χ2n) is 10.9. The number of hydrogen-bond acceptors (Lipinski definition) is 3. The Morgan fingerprint density at radius 3 is 2.58 bits per heavy atom. The van der Waals surface area contributed by atoms with Crippen molar-refractivity contribution in [2.24, 2.45) is 5.92 Å². The summed E-state index contributed by atoms with van der Waals surface area (Å²) in [7, 11) is 0. The van der Waals surface area contributed by atoms with Crippen LogP contribution in [0.15, 0.2) is 96.5 Å². The molecular formula is C34H38FN3O2. The van der Waals surface area contributed by atoms with Crippen LogP contribution < -0.4 is 10.6 Å². The molecule has 5 rings (SSSR count). The SMILES string of the molecule is CC1=C(OC2CCCCC2)CC(C(Cc2ccncc2)c2cccc(NC(=O)NCc3ccc(F)cc3)c2)C=C1. The van der Waals surface area contributed by atoms with Crippen molar-refractivity contribution >= 4 is 11.7 Å². The van der Waals surface area contributed by atoms with E-state index in [4.69, 9.17) is 4.74 Å². The van der Waals surface area contributed by atoms with E-state index in [-0.39, 0.29) is 23.7 Å². The summed E-state index contributed by atoms with van der Waals surface area (Å²) in [6.07, 6.45) is 16.4. The molecule has 2 atom stereocenters. The maximum atomic E-state index is 13.2. The van der Waals surface area contributed by atoms with Gasteiger partial charge in [0.1, 0.15) is 5.82 Å². The number of rotatable bonds is 9. The number of pyridine rings is 1. The fraction of sp³-hybridized carbons (Fsp3) is 0.353. The van der Waals surface area contributed by atoms with E-state index in [9.17, 15) is 9.18 Å². The van der Waals surface area contributed by atoms with Crippen LogP contribution in [0.3, 0.4) is 0 Å². The third-order valence-electron chi connectivity index (χ3n) is 7.98. The highest BCUT2D eigenvalue weighted by Crippen LogP contribution is 2.39. The number of carbonyl (C=O) groups is 1. The van der Waals surface area contributed by atoms with E-state index in [2.05, 4.69) is 59.0 Å². The predicted octanol–water partition coefficient (Wildman–Crippen LogP) is 8.07. The summed E-state index contributed by atoms with van der Waals surface area (Å²) in [5, 5.41) is 5.82. The van der Waals surface area contributed by atoms with Gasteiger partial charge in [0.05, 0.1) is 11.9 Å². The van der Waals surface area contributed by atoms with Gasteiger partial charge in [-0.2, -0.15) is 0 Å². The first-order chi connectivity index (χ1) is 19.5. The molecule has 1 heterocycles. The van der Waals surface area contributed by atoms with Crippen LogP contribution in [0.25, 0.3) is 0 Å². The normalized spacial score (nSPS) is 18.3. The summed E-state index contributed by atoms with van der Waals surface area (Å²) in [4.78, 5) is 16.9. The number of halogens is 1. The van der Waals surface area contributed by atoms with E-state index < -0.39 is 0 Å². The van der Waals surface area contributed by atoms with Crippen LogP contribution in [0.1, 0.15) is 68.1 Å². The molecule has 1 aromatic heterocycles. The average Bonchev–Trinajstić information content (AvgIpc) is 2.98. The number of anilines is 1. The molecule has 208 valence electrons. The van der Waals surface area contributed by atoms with Gasteiger partial charge in [0.25, 0.3) is 0 Å². The number of benzene rings is 2. The van der Waals surface area contributed by atoms with E-state index in [1.807, 2.05) is 24.5 Å². The lowest BCUT2D eigenvalue weighted by Gasteiger charge is -2.32. The van der Waals surface area contributed by atoms with Gasteiger partial charge in [-0.3, -0.25) is 4.98 Å². The molecule has 0 aliphatic heterocycles. The Hall–Kier alpha value is -3.93. The van der Waals surface area contributed by atoms with Gasteiger partial charge in [-0.05, 0) is 110 Å². The van der Waals surface area contributed by atoms with E-state index in [1.165, 1.54) is 48.1 Å². The molecule has 3 aromatic rings. The third kappa shape index (κ3) is 7.59. The van der Waals surface area contributed by atoms with Crippen LogP contribution in [0.5, 0.6) is 0 Å². The number of amides is 2. The molecule has 0 bridgehead atoms. The second-order valence-corrected chi connectivity index (χ2v) is 10.9. The topological polar surface area (TPSA) is 63.2 Å². The zero-order valence-electron chi connectivity index (χ0n) is 23.1. The van der Waals surface area contributed by atoms with Gasteiger partial charge < -0.3 is 15.4 Å².